The minimum absolute atomic E-state index is 0.0250. The highest BCUT2D eigenvalue weighted by Gasteiger charge is 2.30. The van der Waals surface area contributed by atoms with Crippen LogP contribution < -0.4 is 0 Å². The van der Waals surface area contributed by atoms with Gasteiger partial charge in [0.1, 0.15) is 5.76 Å². The van der Waals surface area contributed by atoms with Crippen molar-refractivity contribution in [2.75, 3.05) is 26.2 Å². The molecule has 1 saturated heterocycles. The molecule has 0 unspecified atom stereocenters. The fourth-order valence-corrected chi connectivity index (χ4v) is 3.28. The molecule has 0 spiro atoms. The van der Waals surface area contributed by atoms with Gasteiger partial charge in [0.05, 0.1) is 0 Å². The summed E-state index contributed by atoms with van der Waals surface area (Å²) < 4.78 is 5.29. The topological polar surface area (TPSA) is 49.6 Å². The van der Waals surface area contributed by atoms with E-state index in [9.17, 15) is 4.79 Å². The van der Waals surface area contributed by atoms with Crippen molar-refractivity contribution in [2.24, 2.45) is 0 Å². The minimum atomic E-state index is -0.0250. The lowest BCUT2D eigenvalue weighted by Gasteiger charge is -2.34. The molecule has 0 radical (unpaired) electrons. The van der Waals surface area contributed by atoms with Crippen molar-refractivity contribution in [3.63, 3.8) is 0 Å². The highest BCUT2D eigenvalue weighted by Crippen LogP contribution is 2.40. The van der Waals surface area contributed by atoms with Crippen molar-refractivity contribution in [2.45, 2.75) is 25.3 Å². The monoisotopic (exact) mass is 345 g/mol. The van der Waals surface area contributed by atoms with Gasteiger partial charge in [-0.3, -0.25) is 9.69 Å². The number of amides is 1. The molecular weight excluding hydrogens is 326 g/mol. The first-order valence-corrected chi connectivity index (χ1v) is 8.80. The van der Waals surface area contributed by atoms with Crippen molar-refractivity contribution in [3.05, 3.63) is 52.4 Å². The Balaban J connectivity index is 1.33. The van der Waals surface area contributed by atoms with Gasteiger partial charge in [-0.25, -0.2) is 0 Å². The Bertz CT molecular complexity index is 733. The average molecular weight is 346 g/mol. The molecule has 0 atom stereocenters. The minimum Gasteiger partial charge on any atom is -0.360 e. The maximum absolute atomic E-state index is 12.5. The summed E-state index contributed by atoms with van der Waals surface area (Å²) in [5.74, 6) is 1.31. The van der Waals surface area contributed by atoms with Gasteiger partial charge in [-0.05, 0) is 24.5 Å². The SMILES string of the molecule is O=C(c1cc(C2CC2)on1)N1CCN(Cc2ccccc2Cl)CC1. The van der Waals surface area contributed by atoms with Crippen molar-refractivity contribution >= 4 is 17.5 Å². The summed E-state index contributed by atoms with van der Waals surface area (Å²) in [6.07, 6.45) is 2.28. The zero-order chi connectivity index (χ0) is 16.5. The molecular formula is C18H20ClN3O2. The van der Waals surface area contributed by atoms with Gasteiger partial charge in [-0.1, -0.05) is 35.0 Å². The van der Waals surface area contributed by atoms with Crippen LogP contribution in [0.15, 0.2) is 34.9 Å². The van der Waals surface area contributed by atoms with Gasteiger partial charge >= 0.3 is 0 Å². The van der Waals surface area contributed by atoms with Gasteiger partial charge in [0.15, 0.2) is 5.69 Å². The van der Waals surface area contributed by atoms with Crippen LogP contribution in [0.3, 0.4) is 0 Å². The largest absolute Gasteiger partial charge is 0.360 e. The second-order valence-electron chi connectivity index (χ2n) is 6.55. The van der Waals surface area contributed by atoms with Gasteiger partial charge in [0.25, 0.3) is 5.91 Å². The normalized spacial score (nSPS) is 18.8. The number of nitrogens with zero attached hydrogens (tertiary/aromatic N) is 3. The number of aromatic nitrogens is 1. The molecule has 1 saturated carbocycles. The van der Waals surface area contributed by atoms with E-state index in [0.717, 1.165) is 48.8 Å². The zero-order valence-corrected chi connectivity index (χ0v) is 14.2. The van der Waals surface area contributed by atoms with Gasteiger partial charge in [0, 0.05) is 49.7 Å². The lowest BCUT2D eigenvalue weighted by Crippen LogP contribution is -2.48. The van der Waals surface area contributed by atoms with E-state index in [4.69, 9.17) is 16.1 Å². The van der Waals surface area contributed by atoms with Crippen molar-refractivity contribution < 1.29 is 9.32 Å². The summed E-state index contributed by atoms with van der Waals surface area (Å²) >= 11 is 6.23. The first-order chi connectivity index (χ1) is 11.7. The summed E-state index contributed by atoms with van der Waals surface area (Å²) in [4.78, 5) is 16.7. The third-order valence-corrected chi connectivity index (χ3v) is 5.11. The Morgan fingerprint density at radius 1 is 1.21 bits per heavy atom. The van der Waals surface area contributed by atoms with Crippen molar-refractivity contribution in [1.29, 1.82) is 0 Å². The molecule has 4 rings (SSSR count). The number of carbonyl (C=O) groups is 1. The molecule has 2 heterocycles. The quantitative estimate of drug-likeness (QED) is 0.854. The van der Waals surface area contributed by atoms with Crippen LogP contribution in [0.1, 0.15) is 40.6 Å². The zero-order valence-electron chi connectivity index (χ0n) is 13.4. The lowest BCUT2D eigenvalue weighted by molar-refractivity contribution is 0.0618. The third kappa shape index (κ3) is 3.32. The first-order valence-electron chi connectivity index (χ1n) is 8.42. The molecule has 0 bridgehead atoms. The molecule has 24 heavy (non-hydrogen) atoms. The Morgan fingerprint density at radius 2 is 1.96 bits per heavy atom. The molecule has 1 aliphatic heterocycles. The molecule has 0 N–H and O–H groups in total. The fraction of sp³-hybridized carbons (Fsp3) is 0.444. The maximum atomic E-state index is 12.5. The number of halogens is 1. The summed E-state index contributed by atoms with van der Waals surface area (Å²) in [5.41, 5.74) is 1.57. The smallest absolute Gasteiger partial charge is 0.276 e. The molecule has 5 nitrogen and oxygen atoms in total. The van der Waals surface area contributed by atoms with Gasteiger partial charge in [-0.2, -0.15) is 0 Å². The molecule has 2 aliphatic rings. The maximum Gasteiger partial charge on any atom is 0.276 e. The van der Waals surface area contributed by atoms with Gasteiger partial charge in [0.2, 0.25) is 0 Å². The summed E-state index contributed by atoms with van der Waals surface area (Å²) in [5, 5.41) is 4.75. The van der Waals surface area contributed by atoms with Crippen LogP contribution in [0, 0.1) is 0 Å². The first kappa shape index (κ1) is 15.7. The summed E-state index contributed by atoms with van der Waals surface area (Å²) in [6, 6.07) is 9.72. The summed E-state index contributed by atoms with van der Waals surface area (Å²) in [7, 11) is 0. The van der Waals surface area contributed by atoms with Crippen LogP contribution in [0.25, 0.3) is 0 Å². The van der Waals surface area contributed by atoms with E-state index in [1.54, 1.807) is 0 Å². The van der Waals surface area contributed by atoms with E-state index >= 15 is 0 Å². The number of piperazine rings is 1. The molecule has 1 aromatic heterocycles. The Morgan fingerprint density at radius 3 is 2.67 bits per heavy atom. The molecule has 1 aliphatic carbocycles. The van der Waals surface area contributed by atoms with Crippen LogP contribution in [0.5, 0.6) is 0 Å². The third-order valence-electron chi connectivity index (χ3n) is 4.74. The Kier molecular flexibility index (Phi) is 4.29. The Labute approximate surface area is 146 Å². The summed E-state index contributed by atoms with van der Waals surface area (Å²) in [6.45, 7) is 3.90. The van der Waals surface area contributed by atoms with Crippen LogP contribution >= 0.6 is 11.6 Å². The second-order valence-corrected chi connectivity index (χ2v) is 6.96. The number of hydrogen-bond acceptors (Lipinski definition) is 4. The standard InChI is InChI=1S/C18H20ClN3O2/c19-15-4-2-1-3-14(15)12-21-7-9-22(10-8-21)18(23)16-11-17(24-20-16)13-5-6-13/h1-4,11,13H,5-10,12H2. The Hall–Kier alpha value is -1.85. The molecule has 1 aromatic carbocycles. The van der Waals surface area contributed by atoms with Crippen molar-refractivity contribution in [1.82, 2.24) is 15.0 Å². The van der Waals surface area contributed by atoms with E-state index in [2.05, 4.69) is 16.1 Å². The molecule has 126 valence electrons. The molecule has 2 fully saturated rings. The highest BCUT2D eigenvalue weighted by atomic mass is 35.5. The van der Waals surface area contributed by atoms with E-state index in [0.29, 0.717) is 24.7 Å². The van der Waals surface area contributed by atoms with Crippen LogP contribution in [-0.2, 0) is 6.54 Å². The van der Waals surface area contributed by atoms with E-state index in [-0.39, 0.29) is 5.91 Å². The number of carbonyl (C=O) groups excluding carboxylic acids is 1. The van der Waals surface area contributed by atoms with Crippen LogP contribution in [0.2, 0.25) is 5.02 Å². The second kappa shape index (κ2) is 6.57. The molecule has 6 heteroatoms. The molecule has 2 aromatic rings. The molecule has 1 amide bonds. The predicted octanol–water partition coefficient (Wildman–Crippen LogP) is 3.16. The van der Waals surface area contributed by atoms with Crippen LogP contribution in [-0.4, -0.2) is 47.0 Å². The highest BCUT2D eigenvalue weighted by molar-refractivity contribution is 6.31. The predicted molar refractivity (Wildman–Crippen MR) is 91.1 cm³/mol. The lowest BCUT2D eigenvalue weighted by atomic mass is 10.2. The van der Waals surface area contributed by atoms with E-state index < -0.39 is 0 Å². The van der Waals surface area contributed by atoms with Crippen molar-refractivity contribution in [3.8, 4) is 0 Å². The average Bonchev–Trinajstić information content (AvgIpc) is 3.34. The fourth-order valence-electron chi connectivity index (χ4n) is 3.09. The van der Waals surface area contributed by atoms with Gasteiger partial charge in [-0.15, -0.1) is 0 Å². The van der Waals surface area contributed by atoms with Crippen LogP contribution in [0.4, 0.5) is 0 Å². The van der Waals surface area contributed by atoms with E-state index in [1.807, 2.05) is 29.2 Å². The number of benzene rings is 1. The van der Waals surface area contributed by atoms with Gasteiger partial charge < -0.3 is 9.42 Å². The number of rotatable bonds is 4. The number of hydrogen-bond donors (Lipinski definition) is 0. The van der Waals surface area contributed by atoms with E-state index in [1.165, 1.54) is 0 Å².